The molecule has 7 nitrogen and oxygen atoms in total. The van der Waals surface area contributed by atoms with Gasteiger partial charge < -0.3 is 23.6 Å². The highest BCUT2D eigenvalue weighted by atomic mass is 16.6. The number of hydrogen-bond acceptors (Lipinski definition) is 6. The maximum absolute atomic E-state index is 12.5. The minimum absolute atomic E-state index is 0.213. The number of aromatic nitrogens is 1. The molecule has 1 aliphatic rings. The minimum Gasteiger partial charge on any atom is -0.490 e. The molecule has 0 aliphatic carbocycles. The van der Waals surface area contributed by atoms with Crippen molar-refractivity contribution in [2.75, 3.05) is 40.0 Å². The molecule has 1 fully saturated rings. The Hall–Kier alpha value is -2.38. The van der Waals surface area contributed by atoms with Crippen molar-refractivity contribution in [3.8, 4) is 5.75 Å². The number of carbonyl (C=O) groups is 1. The molecule has 1 atom stereocenters. The predicted octanol–water partition coefficient (Wildman–Crippen LogP) is 1.61. The quantitative estimate of drug-likeness (QED) is 0.828. The average Bonchev–Trinajstić information content (AvgIpc) is 3.08. The van der Waals surface area contributed by atoms with E-state index in [1.165, 1.54) is 6.26 Å². The van der Waals surface area contributed by atoms with Gasteiger partial charge in [0.25, 0.3) is 5.91 Å². The van der Waals surface area contributed by atoms with Crippen molar-refractivity contribution in [3.63, 3.8) is 0 Å². The van der Waals surface area contributed by atoms with Crippen LogP contribution in [0.2, 0.25) is 0 Å². The Balaban J connectivity index is 1.72. The Morgan fingerprint density at radius 1 is 1.33 bits per heavy atom. The largest absolute Gasteiger partial charge is 0.490 e. The summed E-state index contributed by atoms with van der Waals surface area (Å²) < 4.78 is 21.9. The van der Waals surface area contributed by atoms with Gasteiger partial charge in [-0.25, -0.2) is 0 Å². The van der Waals surface area contributed by atoms with Crippen LogP contribution in [0.4, 0.5) is 0 Å². The summed E-state index contributed by atoms with van der Waals surface area (Å²) in [5.74, 6) is 0.530. The first-order valence-corrected chi connectivity index (χ1v) is 7.73. The van der Waals surface area contributed by atoms with E-state index in [0.29, 0.717) is 26.3 Å². The molecule has 2 aromatic rings. The third-order valence-corrected chi connectivity index (χ3v) is 3.97. The smallest absolute Gasteiger partial charge is 0.276 e. The zero-order valence-corrected chi connectivity index (χ0v) is 13.5. The third kappa shape index (κ3) is 3.74. The van der Waals surface area contributed by atoms with E-state index in [-0.39, 0.29) is 18.2 Å². The van der Waals surface area contributed by atoms with E-state index in [4.69, 9.17) is 18.7 Å². The maximum Gasteiger partial charge on any atom is 0.276 e. The van der Waals surface area contributed by atoms with Crippen molar-refractivity contribution >= 4 is 5.91 Å². The lowest BCUT2D eigenvalue weighted by molar-refractivity contribution is -0.0899. The summed E-state index contributed by atoms with van der Waals surface area (Å²) in [6, 6.07) is 11.0. The number of hydrogen-bond donors (Lipinski definition) is 0. The zero-order chi connectivity index (χ0) is 16.8. The number of amides is 1. The van der Waals surface area contributed by atoms with Gasteiger partial charge in [0.15, 0.2) is 5.69 Å². The first kappa shape index (κ1) is 16.5. The molecule has 1 amide bonds. The molecule has 1 aromatic heterocycles. The van der Waals surface area contributed by atoms with E-state index >= 15 is 0 Å². The van der Waals surface area contributed by atoms with Crippen LogP contribution in [0.3, 0.4) is 0 Å². The van der Waals surface area contributed by atoms with Crippen LogP contribution in [0.15, 0.2) is 47.2 Å². The van der Waals surface area contributed by atoms with Gasteiger partial charge in [-0.15, -0.1) is 0 Å². The first-order chi connectivity index (χ1) is 11.7. The molecule has 1 saturated heterocycles. The normalized spacial score (nSPS) is 21.3. The molecular weight excluding hydrogens is 312 g/mol. The van der Waals surface area contributed by atoms with E-state index in [2.05, 4.69) is 5.16 Å². The van der Waals surface area contributed by atoms with E-state index in [1.807, 2.05) is 30.3 Å². The van der Waals surface area contributed by atoms with Crippen LogP contribution in [0.5, 0.6) is 5.75 Å². The monoisotopic (exact) mass is 332 g/mol. The Morgan fingerprint density at radius 2 is 2.17 bits per heavy atom. The third-order valence-electron chi connectivity index (χ3n) is 3.97. The number of nitrogens with zero attached hydrogens (tertiary/aromatic N) is 2. The Bertz CT molecular complexity index is 646. The second-order valence-electron chi connectivity index (χ2n) is 5.65. The fraction of sp³-hybridized carbons (Fsp3) is 0.412. The number of methoxy groups -OCH3 is 1. The van der Waals surface area contributed by atoms with E-state index < -0.39 is 5.60 Å². The standard InChI is InChI=1S/C17H20N2O5/c1-21-17(13-23-14-5-3-2-4-6-14)11-19(8-10-22-12-17)16(20)15-7-9-24-18-15/h2-7,9H,8,10-13H2,1H3. The highest BCUT2D eigenvalue weighted by Crippen LogP contribution is 2.20. The number of para-hydroxylation sites is 1. The fourth-order valence-corrected chi connectivity index (χ4v) is 2.56. The highest BCUT2D eigenvalue weighted by Gasteiger charge is 2.38. The number of rotatable bonds is 5. The molecule has 24 heavy (non-hydrogen) atoms. The molecule has 0 saturated carbocycles. The first-order valence-electron chi connectivity index (χ1n) is 7.73. The molecule has 0 spiro atoms. The lowest BCUT2D eigenvalue weighted by Gasteiger charge is -2.33. The van der Waals surface area contributed by atoms with Gasteiger partial charge in [-0.3, -0.25) is 4.79 Å². The molecule has 2 heterocycles. The van der Waals surface area contributed by atoms with Gasteiger partial charge in [0.1, 0.15) is 24.2 Å². The summed E-state index contributed by atoms with van der Waals surface area (Å²) in [5, 5.41) is 3.71. The molecule has 3 rings (SSSR count). The van der Waals surface area contributed by atoms with Crippen LogP contribution >= 0.6 is 0 Å². The Labute approximate surface area is 140 Å². The number of ether oxygens (including phenoxy) is 3. The van der Waals surface area contributed by atoms with Crippen LogP contribution in [0.1, 0.15) is 10.5 Å². The van der Waals surface area contributed by atoms with Crippen LogP contribution in [0.25, 0.3) is 0 Å². The summed E-state index contributed by atoms with van der Waals surface area (Å²) >= 11 is 0. The summed E-state index contributed by atoms with van der Waals surface area (Å²) in [7, 11) is 1.60. The van der Waals surface area contributed by atoms with Crippen molar-refractivity contribution in [3.05, 3.63) is 48.4 Å². The van der Waals surface area contributed by atoms with Gasteiger partial charge in [0.2, 0.25) is 0 Å². The van der Waals surface area contributed by atoms with E-state index in [9.17, 15) is 4.79 Å². The van der Waals surface area contributed by atoms with Crippen molar-refractivity contribution in [2.24, 2.45) is 0 Å². The molecule has 7 heteroatoms. The zero-order valence-electron chi connectivity index (χ0n) is 13.5. The van der Waals surface area contributed by atoms with Gasteiger partial charge in [-0.05, 0) is 12.1 Å². The van der Waals surface area contributed by atoms with Crippen LogP contribution < -0.4 is 4.74 Å². The number of carbonyl (C=O) groups excluding carboxylic acids is 1. The maximum atomic E-state index is 12.5. The highest BCUT2D eigenvalue weighted by molar-refractivity contribution is 5.92. The van der Waals surface area contributed by atoms with Gasteiger partial charge in [-0.1, -0.05) is 23.4 Å². The van der Waals surface area contributed by atoms with E-state index in [1.54, 1.807) is 18.1 Å². The summed E-state index contributed by atoms with van der Waals surface area (Å²) in [6.07, 6.45) is 1.38. The van der Waals surface area contributed by atoms with Crippen LogP contribution in [-0.2, 0) is 9.47 Å². The van der Waals surface area contributed by atoms with Crippen molar-refractivity contribution in [1.82, 2.24) is 10.1 Å². The second kappa shape index (κ2) is 7.46. The summed E-state index contributed by atoms with van der Waals surface area (Å²) in [4.78, 5) is 14.2. The second-order valence-corrected chi connectivity index (χ2v) is 5.65. The van der Waals surface area contributed by atoms with Crippen molar-refractivity contribution in [1.29, 1.82) is 0 Å². The molecule has 1 aliphatic heterocycles. The van der Waals surface area contributed by atoms with Gasteiger partial charge in [0.05, 0.1) is 19.8 Å². The molecule has 1 unspecified atom stereocenters. The van der Waals surface area contributed by atoms with Crippen LogP contribution in [-0.4, -0.2) is 61.6 Å². The minimum atomic E-state index is -0.744. The van der Waals surface area contributed by atoms with E-state index in [0.717, 1.165) is 5.75 Å². The topological polar surface area (TPSA) is 74.0 Å². The van der Waals surface area contributed by atoms with Gasteiger partial charge >= 0.3 is 0 Å². The molecule has 1 aromatic carbocycles. The van der Waals surface area contributed by atoms with Crippen molar-refractivity contribution in [2.45, 2.75) is 5.60 Å². The molecule has 128 valence electrons. The number of benzene rings is 1. The van der Waals surface area contributed by atoms with Crippen LogP contribution in [0, 0.1) is 0 Å². The van der Waals surface area contributed by atoms with Gasteiger partial charge in [-0.2, -0.15) is 0 Å². The summed E-state index contributed by atoms with van der Waals surface area (Å²) in [5.41, 5.74) is -0.475. The average molecular weight is 332 g/mol. The summed E-state index contributed by atoms with van der Waals surface area (Å²) in [6.45, 7) is 1.86. The molecular formula is C17H20N2O5. The SMILES string of the molecule is COC1(COc2ccccc2)COCCN(C(=O)c2ccon2)C1. The molecule has 0 N–H and O–H groups in total. The molecule has 0 bridgehead atoms. The van der Waals surface area contributed by atoms with Gasteiger partial charge in [0, 0.05) is 19.7 Å². The van der Waals surface area contributed by atoms with Crippen molar-refractivity contribution < 1.29 is 23.5 Å². The fourth-order valence-electron chi connectivity index (χ4n) is 2.56. The lowest BCUT2D eigenvalue weighted by atomic mass is 10.1. The lowest BCUT2D eigenvalue weighted by Crippen LogP contribution is -2.51. The predicted molar refractivity (Wildman–Crippen MR) is 84.9 cm³/mol. The Kier molecular flexibility index (Phi) is 5.12. The molecule has 0 radical (unpaired) electrons. The Morgan fingerprint density at radius 3 is 2.88 bits per heavy atom.